The Hall–Kier alpha value is -2.15. The summed E-state index contributed by atoms with van der Waals surface area (Å²) >= 11 is 0. The molecule has 0 aromatic heterocycles. The van der Waals surface area contributed by atoms with Gasteiger partial charge in [-0.2, -0.15) is 0 Å². The number of nitrogens with zero attached hydrogens (tertiary/aromatic N) is 1. The van der Waals surface area contributed by atoms with E-state index in [0.717, 1.165) is 22.5 Å². The second-order valence-electron chi connectivity index (χ2n) is 4.60. The minimum atomic E-state index is -4.12. The fourth-order valence-electron chi connectivity index (χ4n) is 1.89. The molecule has 2 N–H and O–H groups in total. The van der Waals surface area contributed by atoms with Gasteiger partial charge in [-0.25, -0.2) is 17.2 Å². The summed E-state index contributed by atoms with van der Waals surface area (Å²) in [5.74, 6) is -1.34. The molecular formula is C14H14F2N2O2S. The molecule has 2 rings (SSSR count). The third kappa shape index (κ3) is 2.82. The Bertz CT molecular complexity index is 774. The van der Waals surface area contributed by atoms with Crippen molar-refractivity contribution in [2.75, 3.05) is 17.1 Å². The van der Waals surface area contributed by atoms with E-state index in [2.05, 4.69) is 0 Å². The molecule has 0 atom stereocenters. The van der Waals surface area contributed by atoms with Crippen molar-refractivity contribution in [2.24, 2.45) is 0 Å². The standard InChI is InChI=1S/C14H14F2N2O2S/c1-9-7-11(17)8-13(14(9)16)21(19,20)18(2)12-5-3-10(15)4-6-12/h3-8H,17H2,1-2H3. The van der Waals surface area contributed by atoms with Gasteiger partial charge in [-0.3, -0.25) is 4.31 Å². The zero-order chi connectivity index (χ0) is 15.8. The van der Waals surface area contributed by atoms with E-state index in [1.807, 2.05) is 0 Å². The van der Waals surface area contributed by atoms with E-state index < -0.39 is 26.6 Å². The summed E-state index contributed by atoms with van der Waals surface area (Å²) in [5, 5.41) is 0. The summed E-state index contributed by atoms with van der Waals surface area (Å²) < 4.78 is 52.8. The summed E-state index contributed by atoms with van der Waals surface area (Å²) in [7, 11) is -2.86. The maximum atomic E-state index is 14.1. The third-order valence-corrected chi connectivity index (χ3v) is 4.86. The van der Waals surface area contributed by atoms with Crippen LogP contribution in [0.2, 0.25) is 0 Å². The van der Waals surface area contributed by atoms with Gasteiger partial charge in [-0.05, 0) is 48.9 Å². The highest BCUT2D eigenvalue weighted by Crippen LogP contribution is 2.27. The van der Waals surface area contributed by atoms with Gasteiger partial charge in [0.2, 0.25) is 0 Å². The van der Waals surface area contributed by atoms with Crippen LogP contribution in [0, 0.1) is 18.6 Å². The van der Waals surface area contributed by atoms with E-state index in [0.29, 0.717) is 0 Å². The van der Waals surface area contributed by atoms with Crippen LogP contribution in [0.15, 0.2) is 41.3 Å². The van der Waals surface area contributed by atoms with E-state index in [4.69, 9.17) is 5.73 Å². The number of nitrogen functional groups attached to an aromatic ring is 1. The van der Waals surface area contributed by atoms with Crippen molar-refractivity contribution in [1.82, 2.24) is 0 Å². The van der Waals surface area contributed by atoms with Gasteiger partial charge >= 0.3 is 0 Å². The molecule has 0 saturated heterocycles. The van der Waals surface area contributed by atoms with E-state index >= 15 is 0 Å². The van der Waals surface area contributed by atoms with Crippen LogP contribution >= 0.6 is 0 Å². The molecule has 0 amide bonds. The van der Waals surface area contributed by atoms with Crippen LogP contribution in [0.3, 0.4) is 0 Å². The van der Waals surface area contributed by atoms with Crippen LogP contribution in [0.4, 0.5) is 20.2 Å². The van der Waals surface area contributed by atoms with Gasteiger partial charge in [-0.1, -0.05) is 0 Å². The number of halogens is 2. The van der Waals surface area contributed by atoms with Crippen LogP contribution in [-0.2, 0) is 10.0 Å². The summed E-state index contributed by atoms with van der Waals surface area (Å²) in [5.41, 5.74) is 6.10. The van der Waals surface area contributed by atoms with E-state index in [-0.39, 0.29) is 16.9 Å². The topological polar surface area (TPSA) is 63.4 Å². The van der Waals surface area contributed by atoms with Gasteiger partial charge in [0.25, 0.3) is 10.0 Å². The molecule has 0 saturated carbocycles. The van der Waals surface area contributed by atoms with Crippen molar-refractivity contribution in [1.29, 1.82) is 0 Å². The van der Waals surface area contributed by atoms with Gasteiger partial charge in [0.15, 0.2) is 0 Å². The minimum Gasteiger partial charge on any atom is -0.399 e. The molecule has 0 spiro atoms. The zero-order valence-electron chi connectivity index (χ0n) is 11.5. The molecule has 7 heteroatoms. The summed E-state index contributed by atoms with van der Waals surface area (Å²) in [6.45, 7) is 1.43. The number of hydrogen-bond acceptors (Lipinski definition) is 3. The van der Waals surface area contributed by atoms with Gasteiger partial charge < -0.3 is 5.73 Å². The first-order valence-electron chi connectivity index (χ1n) is 6.03. The molecule has 0 aliphatic rings. The van der Waals surface area contributed by atoms with Gasteiger partial charge in [0.05, 0.1) is 5.69 Å². The molecule has 0 unspecified atom stereocenters. The van der Waals surface area contributed by atoms with Gasteiger partial charge in [0, 0.05) is 12.7 Å². The Kier molecular flexibility index (Phi) is 3.87. The molecule has 0 heterocycles. The van der Waals surface area contributed by atoms with Crippen molar-refractivity contribution >= 4 is 21.4 Å². The molecule has 0 aliphatic carbocycles. The Morgan fingerprint density at radius 1 is 1.10 bits per heavy atom. The highest BCUT2D eigenvalue weighted by molar-refractivity contribution is 7.92. The second-order valence-corrected chi connectivity index (χ2v) is 6.54. The SMILES string of the molecule is Cc1cc(N)cc(S(=O)(=O)N(C)c2ccc(F)cc2)c1F. The second kappa shape index (κ2) is 5.33. The Labute approximate surface area is 121 Å². The lowest BCUT2D eigenvalue weighted by atomic mass is 10.2. The molecule has 4 nitrogen and oxygen atoms in total. The monoisotopic (exact) mass is 312 g/mol. The summed E-state index contributed by atoms with van der Waals surface area (Å²) in [4.78, 5) is -0.508. The molecule has 2 aromatic carbocycles. The summed E-state index contributed by atoms with van der Waals surface area (Å²) in [6.07, 6.45) is 0. The Morgan fingerprint density at radius 3 is 2.24 bits per heavy atom. The molecule has 0 bridgehead atoms. The quantitative estimate of drug-likeness (QED) is 0.886. The minimum absolute atomic E-state index is 0.140. The van der Waals surface area contributed by atoms with E-state index in [1.165, 1.54) is 32.2 Å². The van der Waals surface area contributed by atoms with Crippen LogP contribution in [0.1, 0.15) is 5.56 Å². The predicted octanol–water partition coefficient (Wildman–Crippen LogP) is 2.68. The number of anilines is 2. The van der Waals surface area contributed by atoms with Crippen molar-refractivity contribution in [3.8, 4) is 0 Å². The lowest BCUT2D eigenvalue weighted by Crippen LogP contribution is -2.27. The first-order valence-corrected chi connectivity index (χ1v) is 7.47. The molecule has 112 valence electrons. The molecule has 0 fully saturated rings. The molecule has 2 aromatic rings. The smallest absolute Gasteiger partial charge is 0.267 e. The maximum Gasteiger partial charge on any atom is 0.267 e. The van der Waals surface area contributed by atoms with Crippen LogP contribution in [0.5, 0.6) is 0 Å². The number of benzene rings is 2. The molecule has 21 heavy (non-hydrogen) atoms. The van der Waals surface area contributed by atoms with Crippen molar-refractivity contribution in [3.63, 3.8) is 0 Å². The zero-order valence-corrected chi connectivity index (χ0v) is 12.3. The number of hydrogen-bond donors (Lipinski definition) is 1. The number of rotatable bonds is 3. The number of sulfonamides is 1. The Balaban J connectivity index is 2.54. The highest BCUT2D eigenvalue weighted by Gasteiger charge is 2.26. The largest absolute Gasteiger partial charge is 0.399 e. The average Bonchev–Trinajstić information content (AvgIpc) is 2.42. The van der Waals surface area contributed by atoms with Crippen molar-refractivity contribution in [3.05, 3.63) is 53.6 Å². The van der Waals surface area contributed by atoms with Crippen LogP contribution in [0.25, 0.3) is 0 Å². The molecular weight excluding hydrogens is 298 g/mol. The maximum absolute atomic E-state index is 14.1. The first-order chi connectivity index (χ1) is 9.73. The molecule has 0 radical (unpaired) electrons. The number of nitrogens with two attached hydrogens (primary N) is 1. The fraction of sp³-hybridized carbons (Fsp3) is 0.143. The average molecular weight is 312 g/mol. The first kappa shape index (κ1) is 15.2. The third-order valence-electron chi connectivity index (χ3n) is 3.07. The van der Waals surface area contributed by atoms with Crippen LogP contribution in [-0.4, -0.2) is 15.5 Å². The highest BCUT2D eigenvalue weighted by atomic mass is 32.2. The number of aryl methyl sites for hydroxylation is 1. The van der Waals surface area contributed by atoms with E-state index in [1.54, 1.807) is 0 Å². The Morgan fingerprint density at radius 2 is 1.67 bits per heavy atom. The molecule has 0 aliphatic heterocycles. The van der Waals surface area contributed by atoms with Gasteiger partial charge in [0.1, 0.15) is 16.5 Å². The fourth-order valence-corrected chi connectivity index (χ4v) is 3.26. The van der Waals surface area contributed by atoms with Crippen molar-refractivity contribution < 1.29 is 17.2 Å². The lowest BCUT2D eigenvalue weighted by Gasteiger charge is -2.20. The lowest BCUT2D eigenvalue weighted by molar-refractivity contribution is 0.561. The normalized spacial score (nSPS) is 11.4. The van der Waals surface area contributed by atoms with Gasteiger partial charge in [-0.15, -0.1) is 0 Å². The summed E-state index contributed by atoms with van der Waals surface area (Å²) in [6, 6.07) is 7.27. The van der Waals surface area contributed by atoms with E-state index in [9.17, 15) is 17.2 Å². The predicted molar refractivity (Wildman–Crippen MR) is 77.5 cm³/mol. The van der Waals surface area contributed by atoms with Crippen molar-refractivity contribution in [2.45, 2.75) is 11.8 Å². The van der Waals surface area contributed by atoms with Crippen LogP contribution < -0.4 is 10.0 Å².